The molecule has 0 saturated heterocycles. The van der Waals surface area contributed by atoms with Crippen LogP contribution in [0.25, 0.3) is 88.5 Å². The molecule has 0 spiro atoms. The van der Waals surface area contributed by atoms with Gasteiger partial charge in [-0.05, 0) is 60.7 Å². The van der Waals surface area contributed by atoms with Crippen molar-refractivity contribution in [3.63, 3.8) is 0 Å². The van der Waals surface area contributed by atoms with Crippen LogP contribution in [0, 0.1) is 22.7 Å². The van der Waals surface area contributed by atoms with E-state index in [9.17, 15) is 10.5 Å². The Labute approximate surface area is 308 Å². The molecule has 0 saturated carbocycles. The standard InChI is InChI=1S/C44H24N8S/c45-25-27-14-16-31(17-15-27)41-50-42(32-13-7-8-28(22-32)26-46)52-43(51-41)33-19-21-37-36(23-33)35-20-18-34(24-38(35)53-37)44-48-39(29-9-3-1-4-10-29)47-40(49-44)30-11-5-2-6-12-30/h1-24H. The zero-order valence-corrected chi connectivity index (χ0v) is 28.7. The highest BCUT2D eigenvalue weighted by Gasteiger charge is 2.17. The number of rotatable bonds is 6. The van der Waals surface area contributed by atoms with Crippen LogP contribution in [0.4, 0.5) is 0 Å². The Morgan fingerprint density at radius 1 is 0.340 bits per heavy atom. The van der Waals surface area contributed by atoms with Gasteiger partial charge in [-0.3, -0.25) is 0 Å². The zero-order valence-electron chi connectivity index (χ0n) is 27.8. The van der Waals surface area contributed by atoms with Crippen LogP contribution in [0.3, 0.4) is 0 Å². The maximum absolute atomic E-state index is 9.55. The Morgan fingerprint density at radius 3 is 1.36 bits per heavy atom. The molecular weight excluding hydrogens is 673 g/mol. The zero-order chi connectivity index (χ0) is 35.7. The number of thiophene rings is 1. The molecule has 246 valence electrons. The van der Waals surface area contributed by atoms with E-state index in [0.29, 0.717) is 51.6 Å². The quantitative estimate of drug-likeness (QED) is 0.168. The summed E-state index contributed by atoms with van der Waals surface area (Å²) in [5, 5.41) is 21.1. The summed E-state index contributed by atoms with van der Waals surface area (Å²) >= 11 is 1.70. The molecule has 3 aromatic heterocycles. The topological polar surface area (TPSA) is 125 Å². The third-order valence-electron chi connectivity index (χ3n) is 8.84. The molecule has 9 rings (SSSR count). The first kappa shape index (κ1) is 31.5. The molecule has 0 fully saturated rings. The average Bonchev–Trinajstić information content (AvgIpc) is 3.61. The number of hydrogen-bond acceptors (Lipinski definition) is 9. The largest absolute Gasteiger partial charge is 0.208 e. The van der Waals surface area contributed by atoms with Crippen molar-refractivity contribution in [2.24, 2.45) is 0 Å². The molecule has 53 heavy (non-hydrogen) atoms. The molecule has 3 heterocycles. The first-order valence-corrected chi connectivity index (χ1v) is 17.5. The van der Waals surface area contributed by atoms with Crippen molar-refractivity contribution in [2.45, 2.75) is 0 Å². The normalized spacial score (nSPS) is 11.0. The molecule has 0 radical (unpaired) electrons. The summed E-state index contributed by atoms with van der Waals surface area (Å²) in [6.07, 6.45) is 0. The van der Waals surface area contributed by atoms with Crippen molar-refractivity contribution >= 4 is 31.5 Å². The van der Waals surface area contributed by atoms with E-state index >= 15 is 0 Å². The van der Waals surface area contributed by atoms with Crippen molar-refractivity contribution in [1.29, 1.82) is 10.5 Å². The number of fused-ring (bicyclic) bond motifs is 3. The molecule has 0 aliphatic heterocycles. The Morgan fingerprint density at radius 2 is 0.792 bits per heavy atom. The summed E-state index contributed by atoms with van der Waals surface area (Å²) in [7, 11) is 0. The molecule has 8 nitrogen and oxygen atoms in total. The minimum atomic E-state index is 0.452. The monoisotopic (exact) mass is 696 g/mol. The first-order chi connectivity index (χ1) is 26.1. The lowest BCUT2D eigenvalue weighted by Gasteiger charge is -2.09. The Balaban J connectivity index is 1.15. The van der Waals surface area contributed by atoms with E-state index in [2.05, 4.69) is 42.5 Å². The maximum Gasteiger partial charge on any atom is 0.164 e. The average molecular weight is 697 g/mol. The molecule has 0 atom stereocenters. The van der Waals surface area contributed by atoms with E-state index in [4.69, 9.17) is 29.9 Å². The van der Waals surface area contributed by atoms with Crippen LogP contribution in [-0.4, -0.2) is 29.9 Å². The van der Waals surface area contributed by atoms with Gasteiger partial charge < -0.3 is 0 Å². The minimum Gasteiger partial charge on any atom is -0.208 e. The lowest BCUT2D eigenvalue weighted by atomic mass is 10.1. The number of hydrogen-bond donors (Lipinski definition) is 0. The summed E-state index contributed by atoms with van der Waals surface area (Å²) in [4.78, 5) is 29.3. The summed E-state index contributed by atoms with van der Waals surface area (Å²) in [5.74, 6) is 3.26. The first-order valence-electron chi connectivity index (χ1n) is 16.7. The van der Waals surface area contributed by atoms with Gasteiger partial charge in [0, 0.05) is 53.6 Å². The Hall–Kier alpha value is -7.46. The van der Waals surface area contributed by atoms with Crippen LogP contribution in [-0.2, 0) is 0 Å². The van der Waals surface area contributed by atoms with Gasteiger partial charge in [-0.15, -0.1) is 11.3 Å². The molecule has 0 amide bonds. The van der Waals surface area contributed by atoms with Gasteiger partial charge in [0.15, 0.2) is 34.9 Å². The minimum absolute atomic E-state index is 0.452. The van der Waals surface area contributed by atoms with E-state index in [1.54, 1.807) is 35.6 Å². The van der Waals surface area contributed by atoms with Gasteiger partial charge in [0.1, 0.15) is 0 Å². The van der Waals surface area contributed by atoms with Crippen LogP contribution in [0.5, 0.6) is 0 Å². The van der Waals surface area contributed by atoms with Crippen molar-refractivity contribution < 1.29 is 0 Å². The van der Waals surface area contributed by atoms with Crippen molar-refractivity contribution in [2.75, 3.05) is 0 Å². The fourth-order valence-electron chi connectivity index (χ4n) is 6.18. The molecule has 9 aromatic rings. The van der Waals surface area contributed by atoms with E-state index < -0.39 is 0 Å². The molecule has 0 aliphatic rings. The van der Waals surface area contributed by atoms with E-state index in [0.717, 1.165) is 48.0 Å². The van der Waals surface area contributed by atoms with Crippen LogP contribution in [0.1, 0.15) is 11.1 Å². The van der Waals surface area contributed by atoms with Gasteiger partial charge in [0.25, 0.3) is 0 Å². The van der Waals surface area contributed by atoms with Gasteiger partial charge in [-0.25, -0.2) is 29.9 Å². The van der Waals surface area contributed by atoms with Crippen LogP contribution >= 0.6 is 11.3 Å². The Kier molecular flexibility index (Phi) is 7.94. The van der Waals surface area contributed by atoms with E-state index in [-0.39, 0.29) is 0 Å². The predicted molar refractivity (Wildman–Crippen MR) is 208 cm³/mol. The number of nitriles is 2. The van der Waals surface area contributed by atoms with Gasteiger partial charge in [0.2, 0.25) is 0 Å². The fourth-order valence-corrected chi connectivity index (χ4v) is 7.30. The van der Waals surface area contributed by atoms with Crippen LogP contribution < -0.4 is 0 Å². The third-order valence-corrected chi connectivity index (χ3v) is 9.98. The van der Waals surface area contributed by atoms with E-state index in [1.807, 2.05) is 91.0 Å². The third kappa shape index (κ3) is 6.14. The SMILES string of the molecule is N#Cc1ccc(-c2nc(-c3cccc(C#N)c3)nc(-c3ccc4sc5cc(-c6nc(-c7ccccc7)nc(-c7ccccc7)n6)ccc5c4c3)n2)cc1. The molecule has 9 heteroatoms. The summed E-state index contributed by atoms with van der Waals surface area (Å²) < 4.78 is 2.22. The van der Waals surface area contributed by atoms with Crippen molar-refractivity contribution in [1.82, 2.24) is 29.9 Å². The number of nitrogens with zero attached hydrogens (tertiary/aromatic N) is 8. The summed E-state index contributed by atoms with van der Waals surface area (Å²) in [6, 6.07) is 51.2. The van der Waals surface area contributed by atoms with Crippen LogP contribution in [0.2, 0.25) is 0 Å². The predicted octanol–water partition coefficient (Wildman–Crippen LogP) is 10.2. The second-order valence-corrected chi connectivity index (χ2v) is 13.3. The highest BCUT2D eigenvalue weighted by Crippen LogP contribution is 2.38. The van der Waals surface area contributed by atoms with Gasteiger partial charge >= 0.3 is 0 Å². The summed E-state index contributed by atoms with van der Waals surface area (Å²) in [5.41, 5.74) is 6.09. The highest BCUT2D eigenvalue weighted by molar-refractivity contribution is 7.25. The molecule has 0 N–H and O–H groups in total. The lowest BCUT2D eigenvalue weighted by molar-refractivity contribution is 1.07. The second kappa shape index (κ2) is 13.3. The van der Waals surface area contributed by atoms with Gasteiger partial charge in [0.05, 0.1) is 23.3 Å². The highest BCUT2D eigenvalue weighted by atomic mass is 32.1. The molecule has 0 aliphatic carbocycles. The van der Waals surface area contributed by atoms with E-state index in [1.165, 1.54) is 0 Å². The Bertz CT molecular complexity index is 2850. The second-order valence-electron chi connectivity index (χ2n) is 12.3. The van der Waals surface area contributed by atoms with Crippen molar-refractivity contribution in [3.05, 3.63) is 157 Å². The van der Waals surface area contributed by atoms with Crippen molar-refractivity contribution in [3.8, 4) is 80.5 Å². The lowest BCUT2D eigenvalue weighted by Crippen LogP contribution is -2.00. The van der Waals surface area contributed by atoms with Gasteiger partial charge in [-0.1, -0.05) is 84.9 Å². The molecule has 6 aromatic carbocycles. The fraction of sp³-hybridized carbons (Fsp3) is 0. The maximum atomic E-state index is 9.55. The van der Waals surface area contributed by atoms with Gasteiger partial charge in [-0.2, -0.15) is 10.5 Å². The smallest absolute Gasteiger partial charge is 0.164 e. The molecular formula is C44H24N8S. The molecule has 0 bridgehead atoms. The van der Waals surface area contributed by atoms with Crippen LogP contribution in [0.15, 0.2) is 146 Å². The number of benzene rings is 6. The molecule has 0 unspecified atom stereocenters. The number of aromatic nitrogens is 6. The summed E-state index contributed by atoms with van der Waals surface area (Å²) in [6.45, 7) is 0.